The maximum atomic E-state index is 12.4. The van der Waals surface area contributed by atoms with E-state index in [0.717, 1.165) is 5.56 Å². The molecule has 31 heavy (non-hydrogen) atoms. The van der Waals surface area contributed by atoms with Crippen molar-refractivity contribution in [2.24, 2.45) is 4.99 Å². The van der Waals surface area contributed by atoms with E-state index in [9.17, 15) is 19.6 Å². The third kappa shape index (κ3) is 5.68. The number of hydrogen-bond acceptors (Lipinski definition) is 8. The van der Waals surface area contributed by atoms with Crippen LogP contribution >= 0.6 is 0 Å². The van der Waals surface area contributed by atoms with Crippen LogP contribution in [0.25, 0.3) is 0 Å². The molecule has 10 heteroatoms. The highest BCUT2D eigenvalue weighted by atomic mass is 17.1. The van der Waals surface area contributed by atoms with E-state index in [4.69, 9.17) is 9.47 Å². The van der Waals surface area contributed by atoms with Crippen molar-refractivity contribution >= 4 is 23.9 Å². The van der Waals surface area contributed by atoms with Crippen LogP contribution in [-0.4, -0.2) is 61.0 Å². The van der Waals surface area contributed by atoms with Crippen molar-refractivity contribution in [3.63, 3.8) is 0 Å². The predicted octanol–water partition coefficient (Wildman–Crippen LogP) is 2.69. The number of amidine groups is 1. The number of nitrogens with zero attached hydrogens (tertiary/aromatic N) is 2. The van der Waals surface area contributed by atoms with Crippen molar-refractivity contribution in [2.45, 2.75) is 38.5 Å². The van der Waals surface area contributed by atoms with Crippen molar-refractivity contribution in [3.8, 4) is 0 Å². The number of amides is 1. The molecule has 1 aliphatic heterocycles. The van der Waals surface area contributed by atoms with Gasteiger partial charge in [-0.3, -0.25) is 9.59 Å². The number of benzene rings is 1. The molecule has 1 aliphatic rings. The molecular formula is C21H26N2O8. The number of ether oxygens (including phenoxy) is 3. The molecule has 0 aromatic heterocycles. The Hall–Kier alpha value is -3.24. The molecule has 1 N–H and O–H groups in total. The third-order valence-corrected chi connectivity index (χ3v) is 5.09. The largest absolute Gasteiger partial charge is 0.469 e. The third-order valence-electron chi connectivity index (χ3n) is 5.09. The highest BCUT2D eigenvalue weighted by Gasteiger charge is 2.47. The van der Waals surface area contributed by atoms with Crippen LogP contribution in [0.3, 0.4) is 0 Å². The minimum Gasteiger partial charge on any atom is -0.469 e. The summed E-state index contributed by atoms with van der Waals surface area (Å²) in [6.45, 7) is 1.52. The fourth-order valence-corrected chi connectivity index (χ4v) is 3.20. The summed E-state index contributed by atoms with van der Waals surface area (Å²) in [7, 11) is 4.01. The molecule has 0 fully saturated rings. The molecule has 0 saturated heterocycles. The topological polar surface area (TPSA) is 124 Å². The number of hydrogen-bond donors (Lipinski definition) is 1. The monoisotopic (exact) mass is 434 g/mol. The van der Waals surface area contributed by atoms with E-state index in [-0.39, 0.29) is 31.7 Å². The highest BCUT2D eigenvalue weighted by Crippen LogP contribution is 2.39. The lowest BCUT2D eigenvalue weighted by Crippen LogP contribution is -2.45. The first kappa shape index (κ1) is 24.0. The molecule has 1 unspecified atom stereocenters. The van der Waals surface area contributed by atoms with Gasteiger partial charge in [0, 0.05) is 24.6 Å². The van der Waals surface area contributed by atoms with Crippen molar-refractivity contribution < 1.29 is 38.7 Å². The summed E-state index contributed by atoms with van der Waals surface area (Å²) in [6.07, 6.45) is -1.07. The van der Waals surface area contributed by atoms with Gasteiger partial charge in [0.15, 0.2) is 5.72 Å². The van der Waals surface area contributed by atoms with Crippen LogP contribution in [0, 0.1) is 0 Å². The molecule has 1 atom stereocenters. The van der Waals surface area contributed by atoms with Gasteiger partial charge in [-0.2, -0.15) is 4.99 Å². The minimum absolute atomic E-state index is 0.0180. The van der Waals surface area contributed by atoms with Crippen LogP contribution in [0.2, 0.25) is 0 Å². The second-order valence-electron chi connectivity index (χ2n) is 6.89. The molecule has 1 amide bonds. The summed E-state index contributed by atoms with van der Waals surface area (Å²) in [5.74, 6) is -0.968. The van der Waals surface area contributed by atoms with Crippen LogP contribution in [-0.2, 0) is 35.3 Å². The van der Waals surface area contributed by atoms with Crippen LogP contribution in [0.1, 0.15) is 31.7 Å². The standard InChI is InChI=1S/C21H26N2O8/c1-21(31-27)16(12-18(25)29-4)15(10-11-17(24)28-3)19(23(21)2)22-20(26)30-13-14-8-6-5-7-9-14/h5-9,27H,10-13H2,1-4H3/b22-19-. The SMILES string of the molecule is COC(=O)CCC1=C(CC(=O)OC)C(C)(OO)N(C)/C1=N\C(=O)OCc1ccccc1. The first-order valence-electron chi connectivity index (χ1n) is 9.49. The highest BCUT2D eigenvalue weighted by molar-refractivity contribution is 6.07. The molecular weight excluding hydrogens is 408 g/mol. The summed E-state index contributed by atoms with van der Waals surface area (Å²) in [5.41, 5.74) is -0.0281. The zero-order valence-corrected chi connectivity index (χ0v) is 17.9. The molecule has 0 bridgehead atoms. The van der Waals surface area contributed by atoms with Crippen LogP contribution in [0.5, 0.6) is 0 Å². The van der Waals surface area contributed by atoms with Gasteiger partial charge in [-0.1, -0.05) is 30.3 Å². The van der Waals surface area contributed by atoms with Gasteiger partial charge in [0.2, 0.25) is 0 Å². The number of carbonyl (C=O) groups excluding carboxylic acids is 3. The summed E-state index contributed by atoms with van der Waals surface area (Å²) >= 11 is 0. The summed E-state index contributed by atoms with van der Waals surface area (Å²) in [6, 6.07) is 9.08. The molecule has 2 rings (SSSR count). The first-order chi connectivity index (χ1) is 14.8. The van der Waals surface area contributed by atoms with E-state index in [1.54, 1.807) is 12.1 Å². The van der Waals surface area contributed by atoms with Crippen LogP contribution in [0.15, 0.2) is 46.5 Å². The Morgan fingerprint density at radius 2 is 1.74 bits per heavy atom. The van der Waals surface area contributed by atoms with E-state index in [1.165, 1.54) is 33.1 Å². The molecule has 1 aromatic rings. The maximum Gasteiger partial charge on any atom is 0.435 e. The fourth-order valence-electron chi connectivity index (χ4n) is 3.20. The molecule has 0 saturated carbocycles. The number of likely N-dealkylation sites (N-methyl/N-ethyl adjacent to an activating group) is 1. The maximum absolute atomic E-state index is 12.4. The molecule has 0 aliphatic carbocycles. The number of esters is 2. The zero-order chi connectivity index (χ0) is 23.0. The van der Waals surface area contributed by atoms with Crippen LogP contribution in [0.4, 0.5) is 4.79 Å². The molecule has 0 radical (unpaired) electrons. The summed E-state index contributed by atoms with van der Waals surface area (Å²) < 4.78 is 14.6. The Bertz CT molecular complexity index is 881. The molecule has 1 aromatic carbocycles. The number of aliphatic imine (C=N–C) groups is 1. The Balaban J connectivity index is 2.38. The predicted molar refractivity (Wildman–Crippen MR) is 109 cm³/mol. The Labute approximate surface area is 180 Å². The number of rotatable bonds is 8. The molecule has 0 spiro atoms. The lowest BCUT2D eigenvalue weighted by molar-refractivity contribution is -0.331. The van der Waals surface area contributed by atoms with Crippen molar-refractivity contribution in [3.05, 3.63) is 47.0 Å². The van der Waals surface area contributed by atoms with E-state index in [1.807, 2.05) is 18.2 Å². The number of carbonyl (C=O) groups is 3. The Kier molecular flexibility index (Phi) is 8.29. The van der Waals surface area contributed by atoms with Gasteiger partial charge in [-0.05, 0) is 18.9 Å². The van der Waals surface area contributed by atoms with Crippen molar-refractivity contribution in [1.29, 1.82) is 0 Å². The lowest BCUT2D eigenvalue weighted by Gasteiger charge is -2.32. The van der Waals surface area contributed by atoms with Crippen molar-refractivity contribution in [2.75, 3.05) is 21.3 Å². The van der Waals surface area contributed by atoms with Gasteiger partial charge in [0.05, 0.1) is 20.6 Å². The molecule has 168 valence electrons. The average Bonchev–Trinajstić information content (AvgIpc) is 2.98. The van der Waals surface area contributed by atoms with Gasteiger partial charge < -0.3 is 19.1 Å². The van der Waals surface area contributed by atoms with Crippen molar-refractivity contribution in [1.82, 2.24) is 4.90 Å². The van der Waals surface area contributed by atoms with Crippen LogP contribution < -0.4 is 0 Å². The number of methoxy groups -OCH3 is 2. The summed E-state index contributed by atoms with van der Waals surface area (Å²) in [5, 5.41) is 9.61. The van der Waals surface area contributed by atoms with Gasteiger partial charge >= 0.3 is 18.0 Å². The van der Waals surface area contributed by atoms with E-state index in [0.29, 0.717) is 11.1 Å². The van der Waals surface area contributed by atoms with Gasteiger partial charge in [-0.15, -0.1) is 0 Å². The fraction of sp³-hybridized carbons (Fsp3) is 0.429. The second kappa shape index (κ2) is 10.7. The summed E-state index contributed by atoms with van der Waals surface area (Å²) in [4.78, 5) is 46.1. The molecule has 10 nitrogen and oxygen atoms in total. The smallest absolute Gasteiger partial charge is 0.435 e. The van der Waals surface area contributed by atoms with E-state index < -0.39 is 23.8 Å². The average molecular weight is 434 g/mol. The van der Waals surface area contributed by atoms with E-state index >= 15 is 0 Å². The van der Waals surface area contributed by atoms with Gasteiger partial charge in [0.1, 0.15) is 12.4 Å². The zero-order valence-electron chi connectivity index (χ0n) is 17.9. The first-order valence-corrected chi connectivity index (χ1v) is 9.49. The molecule has 1 heterocycles. The van der Waals surface area contributed by atoms with Gasteiger partial charge in [-0.25, -0.2) is 14.9 Å². The normalized spacial score (nSPS) is 19.5. The lowest BCUT2D eigenvalue weighted by atomic mass is 9.96. The Morgan fingerprint density at radius 3 is 2.32 bits per heavy atom. The quantitative estimate of drug-likeness (QED) is 0.284. The van der Waals surface area contributed by atoms with Gasteiger partial charge in [0.25, 0.3) is 0 Å². The Morgan fingerprint density at radius 1 is 1.10 bits per heavy atom. The minimum atomic E-state index is -1.50. The van der Waals surface area contributed by atoms with E-state index in [2.05, 4.69) is 14.6 Å². The second-order valence-corrected chi connectivity index (χ2v) is 6.89.